The van der Waals surface area contributed by atoms with Gasteiger partial charge in [-0.05, 0) is 39.0 Å². The normalized spacial score (nSPS) is 10.5. The van der Waals surface area contributed by atoms with Crippen molar-refractivity contribution in [1.29, 1.82) is 0 Å². The zero-order chi connectivity index (χ0) is 16.2. The molecule has 0 radical (unpaired) electrons. The first-order chi connectivity index (χ1) is 9.67. The Morgan fingerprint density at radius 2 is 1.86 bits per heavy atom. The average Bonchev–Trinajstić information content (AvgIpc) is 2.43. The molecule has 0 saturated heterocycles. The van der Waals surface area contributed by atoms with Crippen LogP contribution in [0.2, 0.25) is 0 Å². The molecule has 0 aromatic heterocycles. The molecular formula is C16H19NO4. The maximum absolute atomic E-state index is 12.0. The summed E-state index contributed by atoms with van der Waals surface area (Å²) < 4.78 is 9.94. The van der Waals surface area contributed by atoms with Crippen molar-refractivity contribution in [3.05, 3.63) is 29.3 Å². The molecule has 1 amide bonds. The van der Waals surface area contributed by atoms with Gasteiger partial charge in [0.05, 0.1) is 12.7 Å². The predicted molar refractivity (Wildman–Crippen MR) is 80.4 cm³/mol. The minimum atomic E-state index is -0.611. The van der Waals surface area contributed by atoms with Crippen LogP contribution in [0.15, 0.2) is 18.2 Å². The lowest BCUT2D eigenvalue weighted by atomic mass is 10.1. The SMILES string of the molecule is C#Cc1cc(C(=O)OC)cc(N(C)C(=O)OC(C)(C)C)c1. The summed E-state index contributed by atoms with van der Waals surface area (Å²) in [5, 5.41) is 0. The number of nitrogens with zero attached hydrogens (tertiary/aromatic N) is 1. The molecule has 1 aromatic carbocycles. The Hall–Kier alpha value is -2.48. The van der Waals surface area contributed by atoms with Gasteiger partial charge in [0.25, 0.3) is 0 Å². The van der Waals surface area contributed by atoms with E-state index in [1.54, 1.807) is 33.9 Å². The van der Waals surface area contributed by atoms with Gasteiger partial charge >= 0.3 is 12.1 Å². The summed E-state index contributed by atoms with van der Waals surface area (Å²) in [6, 6.07) is 4.67. The van der Waals surface area contributed by atoms with Crippen molar-refractivity contribution >= 4 is 17.7 Å². The highest BCUT2D eigenvalue weighted by atomic mass is 16.6. The first kappa shape index (κ1) is 16.6. The minimum absolute atomic E-state index is 0.276. The summed E-state index contributed by atoms with van der Waals surface area (Å²) in [7, 11) is 2.83. The Balaban J connectivity index is 3.15. The minimum Gasteiger partial charge on any atom is -0.465 e. The number of ether oxygens (including phenoxy) is 2. The first-order valence-corrected chi connectivity index (χ1v) is 6.34. The Kier molecular flexibility index (Phi) is 4.98. The van der Waals surface area contributed by atoms with Crippen molar-refractivity contribution in [2.24, 2.45) is 0 Å². The van der Waals surface area contributed by atoms with Crippen molar-refractivity contribution in [3.8, 4) is 12.3 Å². The number of rotatable bonds is 2. The molecule has 0 heterocycles. The molecule has 1 aromatic rings. The van der Waals surface area contributed by atoms with Crippen LogP contribution in [0.3, 0.4) is 0 Å². The van der Waals surface area contributed by atoms with Crippen LogP contribution in [-0.4, -0.2) is 31.8 Å². The number of hydrogen-bond acceptors (Lipinski definition) is 4. The van der Waals surface area contributed by atoms with E-state index in [0.717, 1.165) is 0 Å². The average molecular weight is 289 g/mol. The third-order valence-electron chi connectivity index (χ3n) is 2.56. The number of anilines is 1. The summed E-state index contributed by atoms with van der Waals surface area (Å²) in [6.45, 7) is 5.32. The van der Waals surface area contributed by atoms with Crippen LogP contribution in [0.25, 0.3) is 0 Å². The fourth-order valence-electron chi connectivity index (χ4n) is 1.56. The molecule has 5 heteroatoms. The lowest BCUT2D eigenvalue weighted by Crippen LogP contribution is -2.34. The number of hydrogen-bond donors (Lipinski definition) is 0. The van der Waals surface area contributed by atoms with Gasteiger partial charge in [-0.1, -0.05) is 5.92 Å². The van der Waals surface area contributed by atoms with E-state index in [9.17, 15) is 9.59 Å². The quantitative estimate of drug-likeness (QED) is 0.620. The molecule has 0 spiro atoms. The molecule has 0 aliphatic carbocycles. The maximum Gasteiger partial charge on any atom is 0.414 e. The van der Waals surface area contributed by atoms with Gasteiger partial charge in [0.2, 0.25) is 0 Å². The van der Waals surface area contributed by atoms with Gasteiger partial charge in [-0.15, -0.1) is 6.42 Å². The lowest BCUT2D eigenvalue weighted by Gasteiger charge is -2.25. The number of carbonyl (C=O) groups excluding carboxylic acids is 2. The van der Waals surface area contributed by atoms with Gasteiger partial charge < -0.3 is 9.47 Å². The summed E-state index contributed by atoms with van der Waals surface area (Å²) in [5.74, 6) is 1.92. The van der Waals surface area contributed by atoms with E-state index in [2.05, 4.69) is 10.7 Å². The monoisotopic (exact) mass is 289 g/mol. The molecule has 0 unspecified atom stereocenters. The van der Waals surface area contributed by atoms with Crippen LogP contribution in [0.4, 0.5) is 10.5 Å². The zero-order valence-electron chi connectivity index (χ0n) is 12.9. The highest BCUT2D eigenvalue weighted by Crippen LogP contribution is 2.21. The largest absolute Gasteiger partial charge is 0.465 e. The van der Waals surface area contributed by atoms with Crippen LogP contribution in [-0.2, 0) is 9.47 Å². The Morgan fingerprint density at radius 3 is 2.33 bits per heavy atom. The molecule has 1 rings (SSSR count). The van der Waals surface area contributed by atoms with Crippen molar-refractivity contribution in [3.63, 3.8) is 0 Å². The van der Waals surface area contributed by atoms with E-state index in [4.69, 9.17) is 11.2 Å². The van der Waals surface area contributed by atoms with Gasteiger partial charge in [-0.25, -0.2) is 9.59 Å². The topological polar surface area (TPSA) is 55.8 Å². The molecular weight excluding hydrogens is 270 g/mol. The number of terminal acetylenes is 1. The third kappa shape index (κ3) is 4.53. The van der Waals surface area contributed by atoms with Gasteiger partial charge in [0, 0.05) is 18.3 Å². The Bertz CT molecular complexity index is 593. The van der Waals surface area contributed by atoms with Crippen LogP contribution in [0, 0.1) is 12.3 Å². The number of carbonyl (C=O) groups is 2. The second-order valence-corrected chi connectivity index (χ2v) is 5.44. The molecule has 0 aliphatic rings. The fourth-order valence-corrected chi connectivity index (χ4v) is 1.56. The van der Waals surface area contributed by atoms with Crippen molar-refractivity contribution in [2.75, 3.05) is 19.1 Å². The lowest BCUT2D eigenvalue weighted by molar-refractivity contribution is 0.0580. The van der Waals surface area contributed by atoms with Crippen LogP contribution < -0.4 is 4.90 Å². The van der Waals surface area contributed by atoms with Crippen molar-refractivity contribution in [2.45, 2.75) is 26.4 Å². The summed E-state index contributed by atoms with van der Waals surface area (Å²) >= 11 is 0. The number of methoxy groups -OCH3 is 1. The summed E-state index contributed by atoms with van der Waals surface area (Å²) in [5.41, 5.74) is 0.599. The Labute approximate surface area is 124 Å². The molecule has 0 fully saturated rings. The maximum atomic E-state index is 12.0. The zero-order valence-corrected chi connectivity index (χ0v) is 12.9. The highest BCUT2D eigenvalue weighted by Gasteiger charge is 2.21. The molecule has 21 heavy (non-hydrogen) atoms. The number of amides is 1. The molecule has 0 bridgehead atoms. The molecule has 0 aliphatic heterocycles. The fraction of sp³-hybridized carbons (Fsp3) is 0.375. The summed E-state index contributed by atoms with van der Waals surface area (Å²) in [4.78, 5) is 25.0. The first-order valence-electron chi connectivity index (χ1n) is 6.34. The van der Waals surface area contributed by atoms with Crippen LogP contribution >= 0.6 is 0 Å². The van der Waals surface area contributed by atoms with Gasteiger partial charge in [-0.3, -0.25) is 4.90 Å². The van der Waals surface area contributed by atoms with Crippen molar-refractivity contribution < 1.29 is 19.1 Å². The number of benzene rings is 1. The van der Waals surface area contributed by atoms with E-state index in [1.807, 2.05) is 0 Å². The standard InChI is InChI=1S/C16H19NO4/c1-7-11-8-12(14(18)20-6)10-13(9-11)17(5)15(19)21-16(2,3)4/h1,8-10H,2-6H3. The van der Waals surface area contributed by atoms with E-state index < -0.39 is 17.7 Å². The highest BCUT2D eigenvalue weighted by molar-refractivity contribution is 5.94. The number of esters is 1. The molecule has 0 atom stereocenters. The van der Waals surface area contributed by atoms with Crippen molar-refractivity contribution in [1.82, 2.24) is 0 Å². The smallest absolute Gasteiger partial charge is 0.414 e. The van der Waals surface area contributed by atoms with E-state index >= 15 is 0 Å². The van der Waals surface area contributed by atoms with Crippen LogP contribution in [0.5, 0.6) is 0 Å². The second-order valence-electron chi connectivity index (χ2n) is 5.44. The Morgan fingerprint density at radius 1 is 1.24 bits per heavy atom. The van der Waals surface area contributed by atoms with Gasteiger partial charge in [-0.2, -0.15) is 0 Å². The van der Waals surface area contributed by atoms with Gasteiger partial charge in [0.1, 0.15) is 5.60 Å². The summed E-state index contributed by atoms with van der Waals surface area (Å²) in [6.07, 6.45) is 4.84. The van der Waals surface area contributed by atoms with Gasteiger partial charge in [0.15, 0.2) is 0 Å². The predicted octanol–water partition coefficient (Wildman–Crippen LogP) is 2.83. The molecule has 112 valence electrons. The molecule has 5 nitrogen and oxygen atoms in total. The van der Waals surface area contributed by atoms with Crippen LogP contribution in [0.1, 0.15) is 36.7 Å². The van der Waals surface area contributed by atoms with E-state index in [1.165, 1.54) is 24.1 Å². The van der Waals surface area contributed by atoms with E-state index in [0.29, 0.717) is 11.3 Å². The molecule has 0 N–H and O–H groups in total. The third-order valence-corrected chi connectivity index (χ3v) is 2.56. The second kappa shape index (κ2) is 6.31. The van der Waals surface area contributed by atoms with E-state index in [-0.39, 0.29) is 5.56 Å². The molecule has 0 saturated carbocycles.